The quantitative estimate of drug-likeness (QED) is 0.437. The average Bonchev–Trinajstić information content (AvgIpc) is 2.35. The Morgan fingerprint density at radius 1 is 1.38 bits per heavy atom. The van der Waals surface area contributed by atoms with Crippen LogP contribution in [0.3, 0.4) is 0 Å². The fraction of sp³-hybridized carbons (Fsp3) is 0.125. The summed E-state index contributed by atoms with van der Waals surface area (Å²) in [6.07, 6.45) is 4.95. The van der Waals surface area contributed by atoms with Gasteiger partial charge < -0.3 is 5.11 Å². The van der Waals surface area contributed by atoms with E-state index < -0.39 is 5.97 Å². The van der Waals surface area contributed by atoms with Gasteiger partial charge in [0, 0.05) is 18.2 Å². The Balaban J connectivity index is 0.000000226. The number of carboxylic acids is 1. The number of carbonyl (C=O) groups excluding carboxylic acids is 2. The largest absolute Gasteiger partial charge is 0.478 e. The summed E-state index contributed by atoms with van der Waals surface area (Å²) in [7, 11) is 0. The Hall–Kier alpha value is -1.91. The number of nitrogens with one attached hydrogen (secondary N) is 1. The summed E-state index contributed by atoms with van der Waals surface area (Å²) in [5, 5.41) is 9.85. The van der Waals surface area contributed by atoms with Crippen molar-refractivity contribution in [1.29, 1.82) is 0 Å². The highest BCUT2D eigenvalue weighted by Gasteiger charge is 2.06. The second-order valence-corrected chi connectivity index (χ2v) is 2.03. The summed E-state index contributed by atoms with van der Waals surface area (Å²) >= 11 is 0. The van der Waals surface area contributed by atoms with Crippen LogP contribution >= 0.6 is 0 Å². The molecule has 0 aromatic heterocycles. The van der Waals surface area contributed by atoms with E-state index in [4.69, 9.17) is 5.11 Å². The molecule has 1 heterocycles. The maximum atomic E-state index is 10.0. The van der Waals surface area contributed by atoms with Crippen molar-refractivity contribution in [3.05, 3.63) is 24.3 Å². The Morgan fingerprint density at radius 2 is 1.85 bits per heavy atom. The van der Waals surface area contributed by atoms with E-state index in [1.807, 2.05) is 5.32 Å². The van der Waals surface area contributed by atoms with Crippen LogP contribution < -0.4 is 5.32 Å². The van der Waals surface area contributed by atoms with Crippen LogP contribution in [0.5, 0.6) is 0 Å². The number of aliphatic carboxylic acids is 1. The smallest absolute Gasteiger partial charge is 0.327 e. The summed E-state index contributed by atoms with van der Waals surface area (Å²) in [5.41, 5.74) is 0. The molecule has 5 heteroatoms. The standard InChI is InChI=1S/C4H3NO2.C4H6O2/c6-3-1-2-4(7)5-3;1-2-3-4(5)6/h1-2H,(H,5,6,7);2-3H,1H3,(H,5,6). The van der Waals surface area contributed by atoms with E-state index in [1.54, 1.807) is 6.92 Å². The molecule has 0 atom stereocenters. The van der Waals surface area contributed by atoms with Gasteiger partial charge in [0.1, 0.15) is 0 Å². The lowest BCUT2D eigenvalue weighted by Gasteiger charge is -1.80. The summed E-state index contributed by atoms with van der Waals surface area (Å²) in [6, 6.07) is 0. The molecule has 0 spiro atoms. The zero-order valence-electron chi connectivity index (χ0n) is 6.98. The maximum absolute atomic E-state index is 10.0. The van der Waals surface area contributed by atoms with Crippen molar-refractivity contribution < 1.29 is 19.5 Å². The van der Waals surface area contributed by atoms with E-state index in [-0.39, 0.29) is 11.8 Å². The van der Waals surface area contributed by atoms with Crippen molar-refractivity contribution >= 4 is 17.8 Å². The lowest BCUT2D eigenvalue weighted by atomic mass is 10.5. The third-order valence-corrected chi connectivity index (χ3v) is 0.942. The van der Waals surface area contributed by atoms with Crippen molar-refractivity contribution in [3.63, 3.8) is 0 Å². The van der Waals surface area contributed by atoms with Gasteiger partial charge in [-0.15, -0.1) is 0 Å². The SMILES string of the molecule is CC=CC(=O)O.O=C1C=CC(=O)N1. The van der Waals surface area contributed by atoms with Crippen molar-refractivity contribution in [2.75, 3.05) is 0 Å². The fourth-order valence-corrected chi connectivity index (χ4v) is 0.499. The molecule has 0 fully saturated rings. The average molecular weight is 183 g/mol. The first kappa shape index (κ1) is 11.1. The second-order valence-electron chi connectivity index (χ2n) is 2.03. The number of hydrogen-bond acceptors (Lipinski definition) is 3. The van der Waals surface area contributed by atoms with Crippen LogP contribution in [-0.4, -0.2) is 22.9 Å². The first-order valence-electron chi connectivity index (χ1n) is 3.45. The molecule has 2 N–H and O–H groups in total. The molecule has 0 radical (unpaired) electrons. The third kappa shape index (κ3) is 6.49. The second kappa shape index (κ2) is 5.70. The molecule has 1 aliphatic rings. The van der Waals surface area contributed by atoms with Gasteiger partial charge in [0.05, 0.1) is 0 Å². The van der Waals surface area contributed by atoms with Gasteiger partial charge in [0.15, 0.2) is 0 Å². The topological polar surface area (TPSA) is 83.5 Å². The molecule has 0 saturated carbocycles. The van der Waals surface area contributed by atoms with Gasteiger partial charge in [-0.05, 0) is 6.92 Å². The van der Waals surface area contributed by atoms with E-state index in [1.165, 1.54) is 18.2 Å². The summed E-state index contributed by atoms with van der Waals surface area (Å²) in [5.74, 6) is -1.55. The van der Waals surface area contributed by atoms with E-state index >= 15 is 0 Å². The van der Waals surface area contributed by atoms with Gasteiger partial charge in [-0.3, -0.25) is 14.9 Å². The van der Waals surface area contributed by atoms with E-state index in [0.29, 0.717) is 0 Å². The minimum Gasteiger partial charge on any atom is -0.478 e. The van der Waals surface area contributed by atoms with Gasteiger partial charge in [-0.2, -0.15) is 0 Å². The molecule has 0 saturated heterocycles. The van der Waals surface area contributed by atoms with Crippen LogP contribution in [0.25, 0.3) is 0 Å². The Morgan fingerprint density at radius 3 is 1.92 bits per heavy atom. The molecule has 0 aromatic rings. The molecule has 1 rings (SSSR count). The lowest BCUT2D eigenvalue weighted by molar-refractivity contribution is -0.131. The number of allylic oxidation sites excluding steroid dienone is 1. The molecule has 0 aliphatic carbocycles. The first-order valence-corrected chi connectivity index (χ1v) is 3.45. The van der Waals surface area contributed by atoms with E-state index in [2.05, 4.69) is 0 Å². The Kier molecular flexibility index (Phi) is 4.87. The highest BCUT2D eigenvalue weighted by Crippen LogP contribution is 1.82. The minimum absolute atomic E-state index is 0.329. The van der Waals surface area contributed by atoms with Crippen molar-refractivity contribution in [1.82, 2.24) is 5.32 Å². The molecule has 0 aromatic carbocycles. The minimum atomic E-state index is -0.891. The molecular weight excluding hydrogens is 174 g/mol. The van der Waals surface area contributed by atoms with Gasteiger partial charge in [0.25, 0.3) is 11.8 Å². The monoisotopic (exact) mass is 183 g/mol. The fourth-order valence-electron chi connectivity index (χ4n) is 0.499. The van der Waals surface area contributed by atoms with Crippen molar-refractivity contribution in [2.24, 2.45) is 0 Å². The van der Waals surface area contributed by atoms with Crippen LogP contribution in [0.15, 0.2) is 24.3 Å². The predicted octanol–water partition coefficient (Wildman–Crippen LogP) is -0.154. The molecule has 1 aliphatic heterocycles. The summed E-state index contributed by atoms with van der Waals surface area (Å²) < 4.78 is 0. The zero-order chi connectivity index (χ0) is 10.3. The third-order valence-electron chi connectivity index (χ3n) is 0.942. The van der Waals surface area contributed by atoms with Gasteiger partial charge in [0.2, 0.25) is 0 Å². The number of carbonyl (C=O) groups is 3. The number of amides is 2. The van der Waals surface area contributed by atoms with Gasteiger partial charge >= 0.3 is 5.97 Å². The molecule has 0 bridgehead atoms. The Bertz CT molecular complexity index is 262. The van der Waals surface area contributed by atoms with Crippen molar-refractivity contribution in [3.8, 4) is 0 Å². The zero-order valence-corrected chi connectivity index (χ0v) is 6.98. The first-order chi connectivity index (χ1) is 6.06. The van der Waals surface area contributed by atoms with Crippen LogP contribution in [-0.2, 0) is 14.4 Å². The lowest BCUT2D eigenvalue weighted by Crippen LogP contribution is -2.19. The predicted molar refractivity (Wildman–Crippen MR) is 44.7 cm³/mol. The maximum Gasteiger partial charge on any atom is 0.327 e. The molecule has 13 heavy (non-hydrogen) atoms. The van der Waals surface area contributed by atoms with E-state index in [9.17, 15) is 14.4 Å². The van der Waals surface area contributed by atoms with Gasteiger partial charge in [-0.25, -0.2) is 4.79 Å². The molecular formula is C8H9NO4. The highest BCUT2D eigenvalue weighted by molar-refractivity contribution is 6.12. The number of imide groups is 1. The van der Waals surface area contributed by atoms with Crippen LogP contribution in [0.2, 0.25) is 0 Å². The van der Waals surface area contributed by atoms with Gasteiger partial charge in [-0.1, -0.05) is 6.08 Å². The summed E-state index contributed by atoms with van der Waals surface area (Å²) in [4.78, 5) is 29.6. The van der Waals surface area contributed by atoms with Crippen LogP contribution in [0.1, 0.15) is 6.92 Å². The highest BCUT2D eigenvalue weighted by atomic mass is 16.4. The number of carboxylic acid groups (broad SMARTS) is 1. The van der Waals surface area contributed by atoms with Crippen molar-refractivity contribution in [2.45, 2.75) is 6.92 Å². The number of rotatable bonds is 1. The number of hydrogen-bond donors (Lipinski definition) is 2. The van der Waals surface area contributed by atoms with Crippen LogP contribution in [0.4, 0.5) is 0 Å². The molecule has 0 unspecified atom stereocenters. The molecule has 70 valence electrons. The molecule has 2 amide bonds. The summed E-state index contributed by atoms with van der Waals surface area (Å²) in [6.45, 7) is 1.66. The molecule has 5 nitrogen and oxygen atoms in total. The normalized spacial score (nSPS) is 13.9. The van der Waals surface area contributed by atoms with E-state index in [0.717, 1.165) is 6.08 Å². The van der Waals surface area contributed by atoms with Crippen LogP contribution in [0, 0.1) is 0 Å². The Labute approximate surface area is 74.7 Å².